The van der Waals surface area contributed by atoms with E-state index in [-0.39, 0.29) is 28.6 Å². The highest BCUT2D eigenvalue weighted by atomic mass is 19.4. The van der Waals surface area contributed by atoms with E-state index < -0.39 is 23.5 Å². The Morgan fingerprint density at radius 1 is 1.17 bits per heavy atom. The standard InChI is InChI=1S/C26H25F4N5O/c1-2-35-11-7-16(8-12-35)33-17-4-6-21-19(14-17)23(25(36)34-21)22(24-31-9-10-32-24)18-5-3-15(13-20(18)27)26(28,29)30/h3-6,9-10,13-14,16,33H,2,7-8,11-12H2,1H3,(H,31,32)(H,34,36). The second-order valence-electron chi connectivity index (χ2n) is 8.95. The van der Waals surface area contributed by atoms with Crippen LogP contribution in [0.1, 0.15) is 42.3 Å². The fraction of sp³-hybridized carbons (Fsp3) is 0.308. The number of carbonyl (C=O) groups is 1. The zero-order chi connectivity index (χ0) is 25.4. The zero-order valence-electron chi connectivity index (χ0n) is 19.5. The lowest BCUT2D eigenvalue weighted by molar-refractivity contribution is -0.137. The second-order valence-corrected chi connectivity index (χ2v) is 8.95. The number of nitrogens with zero attached hydrogens (tertiary/aromatic N) is 2. The number of hydrogen-bond donors (Lipinski definition) is 3. The van der Waals surface area contributed by atoms with E-state index in [1.54, 1.807) is 6.07 Å². The molecule has 1 fully saturated rings. The van der Waals surface area contributed by atoms with Gasteiger partial charge in [-0.05, 0) is 49.7 Å². The number of rotatable bonds is 5. The highest BCUT2D eigenvalue weighted by Crippen LogP contribution is 2.42. The third kappa shape index (κ3) is 4.60. The van der Waals surface area contributed by atoms with E-state index in [1.807, 2.05) is 12.1 Å². The number of aromatic amines is 1. The largest absolute Gasteiger partial charge is 0.416 e. The second kappa shape index (κ2) is 9.42. The van der Waals surface area contributed by atoms with Crippen LogP contribution < -0.4 is 10.6 Å². The number of fused-ring (bicyclic) bond motifs is 1. The van der Waals surface area contributed by atoms with Crippen molar-refractivity contribution in [2.24, 2.45) is 0 Å². The molecule has 36 heavy (non-hydrogen) atoms. The summed E-state index contributed by atoms with van der Waals surface area (Å²) in [7, 11) is 0. The predicted molar refractivity (Wildman–Crippen MR) is 130 cm³/mol. The molecule has 3 aromatic rings. The van der Waals surface area contributed by atoms with Gasteiger partial charge in [-0.3, -0.25) is 4.79 Å². The lowest BCUT2D eigenvalue weighted by Gasteiger charge is -2.32. The summed E-state index contributed by atoms with van der Waals surface area (Å²) in [6.07, 6.45) is 0.222. The van der Waals surface area contributed by atoms with Crippen molar-refractivity contribution < 1.29 is 22.4 Å². The third-order valence-corrected chi connectivity index (χ3v) is 6.72. The molecule has 1 amide bonds. The molecule has 0 bridgehead atoms. The van der Waals surface area contributed by atoms with E-state index >= 15 is 4.39 Å². The van der Waals surface area contributed by atoms with Crippen molar-refractivity contribution in [2.75, 3.05) is 30.3 Å². The van der Waals surface area contributed by atoms with E-state index in [4.69, 9.17) is 0 Å². The van der Waals surface area contributed by atoms with Gasteiger partial charge >= 0.3 is 6.18 Å². The SMILES string of the molecule is CCN1CCC(Nc2ccc3c(c2)C(=C(c2ncc[nH]2)c2ccc(C(F)(F)F)cc2F)C(=O)N3)CC1. The van der Waals surface area contributed by atoms with Gasteiger partial charge in [0.1, 0.15) is 11.6 Å². The molecule has 3 N–H and O–H groups in total. The number of H-pyrrole nitrogens is 1. The van der Waals surface area contributed by atoms with E-state index in [2.05, 4.69) is 32.4 Å². The normalized spacial score (nSPS) is 18.2. The van der Waals surface area contributed by atoms with Gasteiger partial charge in [0, 0.05) is 59.6 Å². The van der Waals surface area contributed by atoms with E-state index in [0.29, 0.717) is 17.3 Å². The van der Waals surface area contributed by atoms with Crippen molar-refractivity contribution in [3.63, 3.8) is 0 Å². The molecular weight excluding hydrogens is 474 g/mol. The summed E-state index contributed by atoms with van der Waals surface area (Å²) in [5.74, 6) is -1.40. The first-order valence-electron chi connectivity index (χ1n) is 11.8. The van der Waals surface area contributed by atoms with Crippen LogP contribution in [-0.2, 0) is 11.0 Å². The molecule has 2 aromatic carbocycles. The molecule has 0 spiro atoms. The lowest BCUT2D eigenvalue weighted by Crippen LogP contribution is -2.38. The summed E-state index contributed by atoms with van der Waals surface area (Å²) < 4.78 is 54.5. The topological polar surface area (TPSA) is 73.0 Å². The van der Waals surface area contributed by atoms with Gasteiger partial charge in [0.05, 0.1) is 11.1 Å². The van der Waals surface area contributed by atoms with Crippen LogP contribution in [0.4, 0.5) is 28.9 Å². The molecule has 0 unspecified atom stereocenters. The van der Waals surface area contributed by atoms with Gasteiger partial charge in [-0.15, -0.1) is 0 Å². The van der Waals surface area contributed by atoms with Crippen LogP contribution in [0.15, 0.2) is 48.8 Å². The minimum atomic E-state index is -4.69. The Balaban J connectivity index is 1.58. The number of amides is 1. The van der Waals surface area contributed by atoms with E-state index in [1.165, 1.54) is 12.4 Å². The van der Waals surface area contributed by atoms with Crippen LogP contribution in [0, 0.1) is 5.82 Å². The zero-order valence-corrected chi connectivity index (χ0v) is 19.5. The number of halogens is 4. The molecule has 2 aliphatic rings. The number of piperidine rings is 1. The number of nitrogens with one attached hydrogen (secondary N) is 3. The van der Waals surface area contributed by atoms with Gasteiger partial charge in [-0.2, -0.15) is 13.2 Å². The number of imidazole rings is 1. The third-order valence-electron chi connectivity index (χ3n) is 6.72. The lowest BCUT2D eigenvalue weighted by atomic mass is 9.93. The first-order chi connectivity index (χ1) is 17.2. The van der Waals surface area contributed by atoms with Gasteiger partial charge in [-0.25, -0.2) is 9.37 Å². The maximum absolute atomic E-state index is 15.1. The fourth-order valence-electron chi connectivity index (χ4n) is 4.81. The van der Waals surface area contributed by atoms with Gasteiger partial charge in [0.15, 0.2) is 0 Å². The number of hydrogen-bond acceptors (Lipinski definition) is 4. The average molecular weight is 500 g/mol. The van der Waals surface area contributed by atoms with Crippen LogP contribution in [0.25, 0.3) is 11.1 Å². The van der Waals surface area contributed by atoms with Gasteiger partial charge < -0.3 is 20.5 Å². The molecule has 0 aliphatic carbocycles. The Hall–Kier alpha value is -3.66. The van der Waals surface area contributed by atoms with Crippen molar-refractivity contribution in [3.8, 4) is 0 Å². The Kier molecular flexibility index (Phi) is 6.29. The molecule has 2 aliphatic heterocycles. The molecule has 0 atom stereocenters. The van der Waals surface area contributed by atoms with Crippen molar-refractivity contribution >= 4 is 28.4 Å². The quantitative estimate of drug-likeness (QED) is 0.326. The van der Waals surface area contributed by atoms with Crippen molar-refractivity contribution in [1.82, 2.24) is 14.9 Å². The molecule has 1 saturated heterocycles. The number of likely N-dealkylation sites (tertiary alicyclic amines) is 1. The number of alkyl halides is 3. The maximum Gasteiger partial charge on any atom is 0.416 e. The molecule has 0 radical (unpaired) electrons. The molecule has 188 valence electrons. The van der Waals surface area contributed by atoms with E-state index in [0.717, 1.165) is 50.3 Å². The fourth-order valence-corrected chi connectivity index (χ4v) is 4.81. The number of carbonyl (C=O) groups excluding carboxylic acids is 1. The van der Waals surface area contributed by atoms with Crippen LogP contribution in [0.2, 0.25) is 0 Å². The summed E-state index contributed by atoms with van der Waals surface area (Å²) in [5, 5.41) is 6.31. The van der Waals surface area contributed by atoms with Crippen molar-refractivity contribution in [2.45, 2.75) is 32.0 Å². The Bertz CT molecular complexity index is 1310. The van der Waals surface area contributed by atoms with Gasteiger partial charge in [-0.1, -0.05) is 13.0 Å². The molecule has 5 rings (SSSR count). The first-order valence-corrected chi connectivity index (χ1v) is 11.8. The van der Waals surface area contributed by atoms with Crippen LogP contribution in [0.5, 0.6) is 0 Å². The highest BCUT2D eigenvalue weighted by molar-refractivity contribution is 6.38. The van der Waals surface area contributed by atoms with Gasteiger partial charge in [0.25, 0.3) is 5.91 Å². The van der Waals surface area contributed by atoms with Gasteiger partial charge in [0.2, 0.25) is 0 Å². The molecule has 10 heteroatoms. The summed E-state index contributed by atoms with van der Waals surface area (Å²) in [6.45, 7) is 5.16. The Labute approximate surface area is 205 Å². The van der Waals surface area contributed by atoms with Crippen LogP contribution in [-0.4, -0.2) is 46.5 Å². The highest BCUT2D eigenvalue weighted by Gasteiger charge is 2.34. The Morgan fingerprint density at radius 2 is 1.94 bits per heavy atom. The summed E-state index contributed by atoms with van der Waals surface area (Å²) in [4.78, 5) is 22.6. The predicted octanol–water partition coefficient (Wildman–Crippen LogP) is 5.38. The maximum atomic E-state index is 15.1. The first kappa shape index (κ1) is 24.1. The summed E-state index contributed by atoms with van der Waals surface area (Å²) in [6, 6.07) is 8.02. The minimum absolute atomic E-state index is 0.0934. The smallest absolute Gasteiger partial charge is 0.382 e. The van der Waals surface area contributed by atoms with E-state index in [9.17, 15) is 18.0 Å². The van der Waals surface area contributed by atoms with Crippen LogP contribution in [0.3, 0.4) is 0 Å². The molecule has 3 heterocycles. The molecule has 0 saturated carbocycles. The monoisotopic (exact) mass is 499 g/mol. The summed E-state index contributed by atoms with van der Waals surface area (Å²) >= 11 is 0. The van der Waals surface area contributed by atoms with Crippen molar-refractivity contribution in [1.29, 1.82) is 0 Å². The number of benzene rings is 2. The number of anilines is 2. The molecule has 1 aromatic heterocycles. The van der Waals surface area contributed by atoms with Crippen LogP contribution >= 0.6 is 0 Å². The molecule has 6 nitrogen and oxygen atoms in total. The Morgan fingerprint density at radius 3 is 2.58 bits per heavy atom. The van der Waals surface area contributed by atoms with Crippen molar-refractivity contribution in [3.05, 3.63) is 77.1 Å². The summed E-state index contributed by atoms with van der Waals surface area (Å²) in [5.41, 5.74) is 0.855. The molecular formula is C26H25F4N5O. The number of aromatic nitrogens is 2. The minimum Gasteiger partial charge on any atom is -0.382 e. The average Bonchev–Trinajstić information content (AvgIpc) is 3.48.